The van der Waals surface area contributed by atoms with Gasteiger partial charge in [-0.3, -0.25) is 9.59 Å². The molecule has 0 heterocycles. The lowest BCUT2D eigenvalue weighted by molar-refractivity contribution is -0.151. The van der Waals surface area contributed by atoms with Crippen LogP contribution in [0.3, 0.4) is 0 Å². The Morgan fingerprint density at radius 1 is 0.500 bits per heavy atom. The molecule has 358 valence electrons. The molecule has 62 heavy (non-hydrogen) atoms. The highest BCUT2D eigenvalue weighted by Gasteiger charge is 2.24. The standard InChI is InChI=1S/C56H99NO5/c1-4-7-10-13-16-19-22-25-27-28-31-34-37-40-43-46-49-56(61)62-52(47-44-41-38-35-32-29-24-21-18-15-12-9-6-3)50-55(60)57-53(51-58)54(59)48-45-42-39-36-33-30-26-23-20-17-14-11-8-5-2/h7,9-10,12,15-16,18-19,21,24-25,27,52-54,58-59H,4-6,8,11,13-14,17,20,22-23,26,28-51H2,1-3H3,(H,57,60)/b10-7+,12-9+,18-15+,19-16+,24-21+,27-25+. The molecule has 6 heteroatoms. The molecule has 0 aromatic heterocycles. The van der Waals surface area contributed by atoms with Gasteiger partial charge in [-0.2, -0.15) is 0 Å². The number of aliphatic hydroxyl groups excluding tert-OH is 2. The number of amides is 1. The van der Waals surface area contributed by atoms with Crippen molar-refractivity contribution in [3.05, 3.63) is 72.9 Å². The van der Waals surface area contributed by atoms with E-state index < -0.39 is 18.2 Å². The summed E-state index contributed by atoms with van der Waals surface area (Å²) in [6.45, 7) is 6.24. The van der Waals surface area contributed by atoms with Gasteiger partial charge in [0.2, 0.25) is 5.91 Å². The molecule has 3 N–H and O–H groups in total. The Balaban J connectivity index is 4.60. The van der Waals surface area contributed by atoms with E-state index in [1.165, 1.54) is 89.9 Å². The van der Waals surface area contributed by atoms with E-state index in [9.17, 15) is 19.8 Å². The molecule has 0 bridgehead atoms. The monoisotopic (exact) mass is 866 g/mol. The van der Waals surface area contributed by atoms with Gasteiger partial charge >= 0.3 is 5.97 Å². The van der Waals surface area contributed by atoms with Crippen molar-refractivity contribution in [2.24, 2.45) is 0 Å². The zero-order chi connectivity index (χ0) is 45.2. The maximum absolute atomic E-state index is 13.2. The number of unbranched alkanes of at least 4 members (excludes halogenated alkanes) is 24. The van der Waals surface area contributed by atoms with Crippen molar-refractivity contribution < 1.29 is 24.5 Å². The molecule has 0 rings (SSSR count). The van der Waals surface area contributed by atoms with E-state index in [4.69, 9.17) is 4.74 Å². The van der Waals surface area contributed by atoms with Crippen LogP contribution in [0.2, 0.25) is 0 Å². The van der Waals surface area contributed by atoms with Gasteiger partial charge in [0, 0.05) is 6.42 Å². The first-order valence-corrected chi connectivity index (χ1v) is 26.2. The van der Waals surface area contributed by atoms with Crippen molar-refractivity contribution in [2.75, 3.05) is 6.61 Å². The summed E-state index contributed by atoms with van der Waals surface area (Å²) < 4.78 is 5.92. The van der Waals surface area contributed by atoms with Crippen molar-refractivity contribution >= 4 is 11.9 Å². The Labute approximate surface area is 383 Å². The first-order valence-electron chi connectivity index (χ1n) is 26.2. The van der Waals surface area contributed by atoms with Crippen LogP contribution in [0.4, 0.5) is 0 Å². The van der Waals surface area contributed by atoms with Crippen molar-refractivity contribution in [1.29, 1.82) is 0 Å². The van der Waals surface area contributed by atoms with Crippen LogP contribution in [0.5, 0.6) is 0 Å². The first-order chi connectivity index (χ1) is 30.5. The molecule has 0 saturated carbocycles. The van der Waals surface area contributed by atoms with Crippen molar-refractivity contribution in [1.82, 2.24) is 5.32 Å². The normalized spacial score (nSPS) is 13.8. The Hall–Kier alpha value is -2.70. The van der Waals surface area contributed by atoms with Gasteiger partial charge in [0.05, 0.1) is 25.2 Å². The third kappa shape index (κ3) is 43.9. The molecule has 3 atom stereocenters. The molecule has 0 aromatic carbocycles. The van der Waals surface area contributed by atoms with Crippen molar-refractivity contribution in [3.8, 4) is 0 Å². The number of ether oxygens (including phenoxy) is 1. The van der Waals surface area contributed by atoms with E-state index in [2.05, 4.69) is 99.0 Å². The highest BCUT2D eigenvalue weighted by atomic mass is 16.5. The third-order valence-corrected chi connectivity index (χ3v) is 11.6. The second kappa shape index (κ2) is 49.3. The number of allylic oxidation sites excluding steroid dienone is 12. The highest BCUT2D eigenvalue weighted by Crippen LogP contribution is 2.18. The Bertz CT molecular complexity index is 1150. The van der Waals surface area contributed by atoms with Crippen LogP contribution >= 0.6 is 0 Å². The molecule has 0 aliphatic rings. The van der Waals surface area contributed by atoms with Crippen LogP contribution < -0.4 is 5.32 Å². The van der Waals surface area contributed by atoms with Crippen LogP contribution in [0.25, 0.3) is 0 Å². The van der Waals surface area contributed by atoms with Crippen LogP contribution in [0.1, 0.15) is 245 Å². The molecule has 0 aromatic rings. The van der Waals surface area contributed by atoms with Crippen LogP contribution in [0.15, 0.2) is 72.9 Å². The minimum absolute atomic E-state index is 0.0562. The molecule has 0 radical (unpaired) electrons. The molecule has 0 spiro atoms. The average Bonchev–Trinajstić information content (AvgIpc) is 3.26. The topological polar surface area (TPSA) is 95.9 Å². The van der Waals surface area contributed by atoms with Crippen LogP contribution in [-0.2, 0) is 14.3 Å². The molecule has 3 unspecified atom stereocenters. The van der Waals surface area contributed by atoms with Crippen LogP contribution in [0, 0.1) is 0 Å². The summed E-state index contributed by atoms with van der Waals surface area (Å²) >= 11 is 0. The van der Waals surface area contributed by atoms with Crippen molar-refractivity contribution in [2.45, 2.75) is 264 Å². The van der Waals surface area contributed by atoms with E-state index in [0.29, 0.717) is 19.3 Å². The van der Waals surface area contributed by atoms with Gasteiger partial charge in [-0.05, 0) is 77.0 Å². The predicted molar refractivity (Wildman–Crippen MR) is 268 cm³/mol. The average molecular weight is 866 g/mol. The smallest absolute Gasteiger partial charge is 0.306 e. The van der Waals surface area contributed by atoms with Gasteiger partial charge in [0.25, 0.3) is 0 Å². The lowest BCUT2D eigenvalue weighted by Crippen LogP contribution is -2.46. The van der Waals surface area contributed by atoms with Gasteiger partial charge in [0.15, 0.2) is 0 Å². The summed E-state index contributed by atoms with van der Waals surface area (Å²) in [4.78, 5) is 26.2. The van der Waals surface area contributed by atoms with Gasteiger partial charge in [-0.1, -0.05) is 229 Å². The van der Waals surface area contributed by atoms with Gasteiger partial charge in [0.1, 0.15) is 6.10 Å². The first kappa shape index (κ1) is 59.3. The van der Waals surface area contributed by atoms with Gasteiger partial charge < -0.3 is 20.3 Å². The minimum Gasteiger partial charge on any atom is -0.462 e. The van der Waals surface area contributed by atoms with E-state index in [0.717, 1.165) is 109 Å². The summed E-state index contributed by atoms with van der Waals surface area (Å²) in [6.07, 6.45) is 62.4. The Morgan fingerprint density at radius 2 is 0.952 bits per heavy atom. The quantitative estimate of drug-likeness (QED) is 0.0245. The SMILES string of the molecule is CC/C=C/C=C/C=C/CCCCCCCC(CC(=O)NC(CO)C(O)CCCCCCCCCCCCCCCC)OC(=O)CCCCCCCC/C=C/C/C=C/C/C=C/CC. The maximum atomic E-state index is 13.2. The largest absolute Gasteiger partial charge is 0.462 e. The highest BCUT2D eigenvalue weighted by molar-refractivity contribution is 5.77. The second-order valence-electron chi connectivity index (χ2n) is 17.6. The van der Waals surface area contributed by atoms with Crippen molar-refractivity contribution in [3.63, 3.8) is 0 Å². The van der Waals surface area contributed by atoms with E-state index in [-0.39, 0.29) is 24.9 Å². The summed E-state index contributed by atoms with van der Waals surface area (Å²) in [5.41, 5.74) is 0. The molecule has 0 aliphatic carbocycles. The fraction of sp³-hybridized carbons (Fsp3) is 0.750. The lowest BCUT2D eigenvalue weighted by atomic mass is 10.0. The fourth-order valence-corrected chi connectivity index (χ4v) is 7.68. The van der Waals surface area contributed by atoms with Gasteiger partial charge in [-0.15, -0.1) is 0 Å². The summed E-state index contributed by atoms with van der Waals surface area (Å²) in [6, 6.07) is -0.714. The van der Waals surface area contributed by atoms with E-state index >= 15 is 0 Å². The number of carbonyl (C=O) groups is 2. The lowest BCUT2D eigenvalue weighted by Gasteiger charge is -2.24. The number of hydrogen-bond acceptors (Lipinski definition) is 5. The third-order valence-electron chi connectivity index (χ3n) is 11.6. The molecule has 6 nitrogen and oxygen atoms in total. The molecular weight excluding hydrogens is 767 g/mol. The fourth-order valence-electron chi connectivity index (χ4n) is 7.68. The molecule has 0 saturated heterocycles. The maximum Gasteiger partial charge on any atom is 0.306 e. The summed E-state index contributed by atoms with van der Waals surface area (Å²) in [7, 11) is 0. The Kier molecular flexibility index (Phi) is 47.2. The molecule has 0 aliphatic heterocycles. The number of esters is 1. The zero-order valence-electron chi connectivity index (χ0n) is 40.7. The number of rotatable bonds is 46. The zero-order valence-corrected chi connectivity index (χ0v) is 40.7. The molecular formula is C56H99NO5. The summed E-state index contributed by atoms with van der Waals surface area (Å²) in [5.74, 6) is -0.509. The second-order valence-corrected chi connectivity index (χ2v) is 17.6. The van der Waals surface area contributed by atoms with Gasteiger partial charge in [-0.25, -0.2) is 0 Å². The number of hydrogen-bond donors (Lipinski definition) is 3. The van der Waals surface area contributed by atoms with E-state index in [1.54, 1.807) is 0 Å². The molecule has 1 amide bonds. The number of aliphatic hydroxyl groups is 2. The van der Waals surface area contributed by atoms with E-state index in [1.807, 2.05) is 0 Å². The minimum atomic E-state index is -0.798. The van der Waals surface area contributed by atoms with Crippen LogP contribution in [-0.4, -0.2) is 46.9 Å². The summed E-state index contributed by atoms with van der Waals surface area (Å²) in [5, 5.41) is 23.8. The number of carbonyl (C=O) groups excluding carboxylic acids is 2. The Morgan fingerprint density at radius 3 is 1.50 bits per heavy atom. The predicted octanol–water partition coefficient (Wildman–Crippen LogP) is 15.8. The number of nitrogens with one attached hydrogen (secondary N) is 1. The molecule has 0 fully saturated rings.